The van der Waals surface area contributed by atoms with Gasteiger partial charge in [0, 0.05) is 11.9 Å². The Labute approximate surface area is 110 Å². The van der Waals surface area contributed by atoms with Crippen molar-refractivity contribution in [2.75, 3.05) is 0 Å². The lowest BCUT2D eigenvalue weighted by molar-refractivity contribution is -0.137. The Morgan fingerprint density at radius 1 is 1.37 bits per heavy atom. The predicted octanol–water partition coefficient (Wildman–Crippen LogP) is 2.86. The second-order valence-corrected chi connectivity index (χ2v) is 4.68. The molecule has 2 aromatic rings. The first kappa shape index (κ1) is 13.4. The van der Waals surface area contributed by atoms with E-state index in [-0.39, 0.29) is 0 Å². The highest BCUT2D eigenvalue weighted by molar-refractivity contribution is 7.99. The van der Waals surface area contributed by atoms with Crippen LogP contribution in [0.5, 0.6) is 0 Å². The fourth-order valence-electron chi connectivity index (χ4n) is 1.39. The van der Waals surface area contributed by atoms with E-state index in [1.807, 2.05) is 0 Å². The highest BCUT2D eigenvalue weighted by Gasteiger charge is 2.33. The van der Waals surface area contributed by atoms with Gasteiger partial charge < -0.3 is 4.57 Å². The fourth-order valence-corrected chi connectivity index (χ4v) is 2.19. The number of alkyl halides is 3. The molecule has 0 spiro atoms. The average Bonchev–Trinajstić information content (AvgIpc) is 2.74. The van der Waals surface area contributed by atoms with E-state index in [0.717, 1.165) is 23.9 Å². The van der Waals surface area contributed by atoms with Crippen molar-refractivity contribution in [1.82, 2.24) is 14.8 Å². The van der Waals surface area contributed by atoms with Crippen molar-refractivity contribution in [1.29, 1.82) is 5.26 Å². The number of aryl methyl sites for hydroxylation is 1. The first-order valence-electron chi connectivity index (χ1n) is 5.05. The van der Waals surface area contributed by atoms with Crippen LogP contribution in [0, 0.1) is 11.3 Å². The van der Waals surface area contributed by atoms with Gasteiger partial charge in [-0.1, -0.05) is 0 Å². The van der Waals surface area contributed by atoms with E-state index in [1.165, 1.54) is 18.5 Å². The van der Waals surface area contributed by atoms with Crippen LogP contribution in [-0.4, -0.2) is 14.8 Å². The van der Waals surface area contributed by atoms with Crippen LogP contribution in [0.25, 0.3) is 0 Å². The Morgan fingerprint density at radius 3 is 2.63 bits per heavy atom. The van der Waals surface area contributed by atoms with E-state index < -0.39 is 17.3 Å². The summed E-state index contributed by atoms with van der Waals surface area (Å²) in [6.45, 7) is 0. The van der Waals surface area contributed by atoms with Crippen molar-refractivity contribution < 1.29 is 13.2 Å². The molecule has 1 aromatic carbocycles. The summed E-state index contributed by atoms with van der Waals surface area (Å²) >= 11 is 1.05. The maximum atomic E-state index is 12.8. The van der Waals surface area contributed by atoms with E-state index in [0.29, 0.717) is 10.1 Å². The average molecular weight is 284 g/mol. The zero-order valence-electron chi connectivity index (χ0n) is 9.64. The lowest BCUT2D eigenvalue weighted by Crippen LogP contribution is -2.07. The monoisotopic (exact) mass is 284 g/mol. The Hall–Kier alpha value is -2.01. The molecule has 0 radical (unpaired) electrons. The van der Waals surface area contributed by atoms with Gasteiger partial charge in [-0.05, 0) is 30.0 Å². The number of hydrogen-bond acceptors (Lipinski definition) is 4. The molecule has 0 aliphatic carbocycles. The molecule has 19 heavy (non-hydrogen) atoms. The normalized spacial score (nSPS) is 11.3. The molecule has 0 amide bonds. The van der Waals surface area contributed by atoms with Gasteiger partial charge in [0.05, 0.1) is 17.2 Å². The summed E-state index contributed by atoms with van der Waals surface area (Å²) in [7, 11) is 1.69. The molecule has 0 unspecified atom stereocenters. The van der Waals surface area contributed by atoms with E-state index in [2.05, 4.69) is 10.2 Å². The molecule has 1 heterocycles. The summed E-state index contributed by atoms with van der Waals surface area (Å²) in [6, 6.07) is 5.09. The summed E-state index contributed by atoms with van der Waals surface area (Å²) in [5.41, 5.74) is -1.34. The zero-order chi connectivity index (χ0) is 14.0. The van der Waals surface area contributed by atoms with Gasteiger partial charge >= 0.3 is 6.18 Å². The minimum Gasteiger partial charge on any atom is -0.311 e. The van der Waals surface area contributed by atoms with E-state index in [9.17, 15) is 13.2 Å². The second-order valence-electron chi connectivity index (χ2n) is 3.64. The minimum absolute atomic E-state index is 0.349. The van der Waals surface area contributed by atoms with Crippen LogP contribution in [0.1, 0.15) is 11.1 Å². The SMILES string of the molecule is Cn1cnnc1Sc1ccc(C#N)c(C(F)(F)F)c1. The van der Waals surface area contributed by atoms with E-state index >= 15 is 0 Å². The first-order valence-corrected chi connectivity index (χ1v) is 5.86. The van der Waals surface area contributed by atoms with Crippen molar-refractivity contribution in [3.8, 4) is 6.07 Å². The van der Waals surface area contributed by atoms with Gasteiger partial charge in [-0.25, -0.2) is 0 Å². The van der Waals surface area contributed by atoms with Crippen molar-refractivity contribution in [3.05, 3.63) is 35.7 Å². The van der Waals surface area contributed by atoms with Gasteiger partial charge in [0.1, 0.15) is 6.33 Å². The maximum absolute atomic E-state index is 12.8. The van der Waals surface area contributed by atoms with Crippen LogP contribution in [0.4, 0.5) is 13.2 Å². The summed E-state index contributed by atoms with van der Waals surface area (Å²) in [5.74, 6) is 0. The molecule has 0 N–H and O–H groups in total. The van der Waals surface area contributed by atoms with Gasteiger partial charge in [0.15, 0.2) is 5.16 Å². The molecule has 8 heteroatoms. The lowest BCUT2D eigenvalue weighted by atomic mass is 10.1. The van der Waals surface area contributed by atoms with Gasteiger partial charge in [-0.2, -0.15) is 18.4 Å². The lowest BCUT2D eigenvalue weighted by Gasteiger charge is -2.10. The molecular formula is C11H7F3N4S. The highest BCUT2D eigenvalue weighted by Crippen LogP contribution is 2.35. The van der Waals surface area contributed by atoms with Crippen molar-refractivity contribution in [3.63, 3.8) is 0 Å². The largest absolute Gasteiger partial charge is 0.417 e. The van der Waals surface area contributed by atoms with Crippen LogP contribution < -0.4 is 0 Å². The van der Waals surface area contributed by atoms with Crippen LogP contribution in [-0.2, 0) is 13.2 Å². The molecule has 1 aromatic heterocycles. The molecule has 0 bridgehead atoms. The Bertz CT molecular complexity index is 642. The maximum Gasteiger partial charge on any atom is 0.417 e. The molecule has 4 nitrogen and oxygen atoms in total. The van der Waals surface area contributed by atoms with Crippen LogP contribution >= 0.6 is 11.8 Å². The number of benzene rings is 1. The van der Waals surface area contributed by atoms with Gasteiger partial charge in [-0.3, -0.25) is 0 Å². The van der Waals surface area contributed by atoms with E-state index in [1.54, 1.807) is 11.6 Å². The van der Waals surface area contributed by atoms with Crippen molar-refractivity contribution in [2.45, 2.75) is 16.2 Å². The quantitative estimate of drug-likeness (QED) is 0.851. The standard InChI is InChI=1S/C11H7F3N4S/c1-18-6-16-17-10(18)19-8-3-2-7(5-15)9(4-8)11(12,13)14/h2-4,6H,1H3. The van der Waals surface area contributed by atoms with Gasteiger partial charge in [-0.15, -0.1) is 10.2 Å². The Morgan fingerprint density at radius 2 is 2.11 bits per heavy atom. The molecule has 0 aliphatic rings. The third-order valence-electron chi connectivity index (χ3n) is 2.30. The number of nitriles is 1. The molecule has 0 saturated carbocycles. The molecule has 0 fully saturated rings. The third kappa shape index (κ3) is 2.88. The van der Waals surface area contributed by atoms with Gasteiger partial charge in [0.25, 0.3) is 0 Å². The number of aromatic nitrogens is 3. The Kier molecular flexibility index (Phi) is 3.48. The second kappa shape index (κ2) is 4.93. The predicted molar refractivity (Wildman–Crippen MR) is 61.3 cm³/mol. The topological polar surface area (TPSA) is 54.5 Å². The molecular weight excluding hydrogens is 277 g/mol. The van der Waals surface area contributed by atoms with Crippen LogP contribution in [0.2, 0.25) is 0 Å². The van der Waals surface area contributed by atoms with Crippen LogP contribution in [0.15, 0.2) is 34.6 Å². The molecule has 0 aliphatic heterocycles. The van der Waals surface area contributed by atoms with Gasteiger partial charge in [0.2, 0.25) is 0 Å². The summed E-state index contributed by atoms with van der Waals surface area (Å²) in [5, 5.41) is 16.6. The summed E-state index contributed by atoms with van der Waals surface area (Å²) in [6.07, 6.45) is -3.10. The van der Waals surface area contributed by atoms with Crippen LogP contribution in [0.3, 0.4) is 0 Å². The van der Waals surface area contributed by atoms with Crippen molar-refractivity contribution >= 4 is 11.8 Å². The molecule has 2 rings (SSSR count). The number of hydrogen-bond donors (Lipinski definition) is 0. The Balaban J connectivity index is 2.39. The van der Waals surface area contributed by atoms with Crippen molar-refractivity contribution in [2.24, 2.45) is 7.05 Å². The summed E-state index contributed by atoms with van der Waals surface area (Å²) < 4.78 is 39.9. The molecule has 0 atom stereocenters. The van der Waals surface area contributed by atoms with E-state index in [4.69, 9.17) is 5.26 Å². The highest BCUT2D eigenvalue weighted by atomic mass is 32.2. The first-order chi connectivity index (χ1) is 8.91. The smallest absolute Gasteiger partial charge is 0.311 e. The molecule has 98 valence electrons. The summed E-state index contributed by atoms with van der Waals surface area (Å²) in [4.78, 5) is 0.349. The zero-order valence-corrected chi connectivity index (χ0v) is 10.5. The number of halogens is 3. The number of nitrogens with zero attached hydrogens (tertiary/aromatic N) is 4. The minimum atomic E-state index is -4.55. The molecule has 0 saturated heterocycles. The number of rotatable bonds is 2. The third-order valence-corrected chi connectivity index (χ3v) is 3.34. The fraction of sp³-hybridized carbons (Fsp3) is 0.182.